The molecule has 8 rings (SSSR count). The van der Waals surface area contributed by atoms with E-state index in [1.165, 1.54) is 0 Å². The normalized spacial score (nSPS) is 17.2. The van der Waals surface area contributed by atoms with Gasteiger partial charge < -0.3 is 50.8 Å². The first kappa shape index (κ1) is 54.8. The third-order valence-corrected chi connectivity index (χ3v) is 15.1. The van der Waals surface area contributed by atoms with Crippen molar-refractivity contribution in [2.24, 2.45) is 11.8 Å². The van der Waals surface area contributed by atoms with E-state index >= 15 is 0 Å². The molecule has 0 radical (unpaired) electrons. The molecule has 0 unspecified atom stereocenters. The van der Waals surface area contributed by atoms with E-state index in [1.54, 1.807) is 52.7 Å². The number of pyridine rings is 2. The third-order valence-electron chi connectivity index (χ3n) is 15.1. The fourth-order valence-corrected chi connectivity index (χ4v) is 10.5. The smallest absolute Gasteiger partial charge is 0.253 e. The molecule has 6 heterocycles. The summed E-state index contributed by atoms with van der Waals surface area (Å²) in [5.41, 5.74) is 6.00. The molecule has 2 saturated heterocycles. The molecule has 0 saturated carbocycles. The van der Waals surface area contributed by atoms with E-state index in [1.807, 2.05) is 120 Å². The molecule has 76 heavy (non-hydrogen) atoms. The second-order valence-electron chi connectivity index (χ2n) is 20.9. The molecule has 6 atom stereocenters. The van der Waals surface area contributed by atoms with Crippen LogP contribution in [0, 0.1) is 11.8 Å². The van der Waals surface area contributed by atoms with Gasteiger partial charge in [0.05, 0.1) is 70.1 Å². The molecule has 6 N–H and O–H groups in total. The van der Waals surface area contributed by atoms with Crippen molar-refractivity contribution in [1.82, 2.24) is 60.8 Å². The maximum absolute atomic E-state index is 14.1. The summed E-state index contributed by atoms with van der Waals surface area (Å²) in [6, 6.07) is 16.9. The van der Waals surface area contributed by atoms with Gasteiger partial charge in [0.15, 0.2) is 0 Å². The summed E-state index contributed by atoms with van der Waals surface area (Å²) in [5.74, 6) is -1.33. The van der Waals surface area contributed by atoms with E-state index in [9.17, 15) is 28.8 Å². The lowest BCUT2D eigenvalue weighted by Gasteiger charge is -2.32. The number of nitrogens with one attached hydrogen (secondary N) is 6. The van der Waals surface area contributed by atoms with E-state index in [2.05, 4.69) is 41.9 Å². The Balaban J connectivity index is 0.887. The lowest BCUT2D eigenvalue weighted by atomic mass is 10.00. The van der Waals surface area contributed by atoms with Crippen LogP contribution in [-0.4, -0.2) is 129 Å². The Hall–Kier alpha value is -7.44. The van der Waals surface area contributed by atoms with Gasteiger partial charge in [0.25, 0.3) is 11.8 Å². The second kappa shape index (κ2) is 24.5. The van der Waals surface area contributed by atoms with E-state index in [0.717, 1.165) is 70.0 Å². The molecule has 18 heteroatoms. The van der Waals surface area contributed by atoms with Crippen molar-refractivity contribution in [3.63, 3.8) is 0 Å². The minimum absolute atomic E-state index is 0.110. The highest BCUT2D eigenvalue weighted by molar-refractivity contribution is 6.08. The fourth-order valence-electron chi connectivity index (χ4n) is 10.5. The first-order chi connectivity index (χ1) is 36.6. The number of aromatic nitrogens is 4. The maximum atomic E-state index is 14.1. The minimum atomic E-state index is -0.668. The number of rotatable bonds is 21. The molecule has 6 aromatic rings. The molecule has 6 amide bonds. The maximum Gasteiger partial charge on any atom is 0.253 e. The van der Waals surface area contributed by atoms with Gasteiger partial charge in [-0.25, -0.2) is 0 Å². The molecule has 0 aliphatic carbocycles. The molecule has 0 bridgehead atoms. The van der Waals surface area contributed by atoms with Crippen LogP contribution in [0.25, 0.3) is 33.2 Å². The molecule has 0 spiro atoms. The molecule has 2 aliphatic rings. The lowest BCUT2D eigenvalue weighted by Crippen LogP contribution is -2.54. The van der Waals surface area contributed by atoms with E-state index in [0.29, 0.717) is 50.1 Å². The Morgan fingerprint density at radius 1 is 0.566 bits per heavy atom. The second-order valence-corrected chi connectivity index (χ2v) is 20.9. The van der Waals surface area contributed by atoms with Gasteiger partial charge in [-0.1, -0.05) is 64.1 Å². The summed E-state index contributed by atoms with van der Waals surface area (Å²) in [4.78, 5) is 94.4. The van der Waals surface area contributed by atoms with Crippen molar-refractivity contribution >= 4 is 57.2 Å². The number of carbonyl (C=O) groups excluding carboxylic acids is 6. The SMILES string of the molecule is CN[C@@H](C)C(=O)N[C@H](C(=O)N1CCC[C@H]1c1cncc(-n2cc(C(=O)NCCCCNC(=O)c3cn(-c4cncc([C@@H]5CCCN5C(=O)[C@@H](NC(=O)[C@H](C)NC)C(C)C)c4)c4ccccc34)c3ccccc32)c1)C(C)C. The van der Waals surface area contributed by atoms with Crippen molar-refractivity contribution in [2.45, 2.75) is 116 Å². The molecule has 402 valence electrons. The van der Waals surface area contributed by atoms with Gasteiger partial charge >= 0.3 is 0 Å². The average molecular weight is 1040 g/mol. The summed E-state index contributed by atoms with van der Waals surface area (Å²) >= 11 is 0. The van der Waals surface area contributed by atoms with Gasteiger partial charge in [-0.3, -0.25) is 38.7 Å². The number of likely N-dealkylation sites (N-methyl/N-ethyl adjacent to an activating group) is 2. The standard InChI is InChI=1S/C58H74N12O6/c1-35(2)51(65-53(71)37(5)59-7)57(75)67-25-15-21-47(67)39-27-41(31-61-29-39)69-33-45(43-17-9-11-19-49(43)69)55(73)63-23-13-14-24-64-56(74)46-34-70(50-20-12-10-18-44(46)50)42-28-40(30-62-32-42)48-22-16-26-68(48)58(76)52(36(3)4)66-54(72)38(6)60-8/h9-12,17-20,27-38,47-48,51-52,59-60H,13-16,21-26H2,1-8H3,(H,63,73)(H,64,74)(H,65,71)(H,66,72)/t37-,38-,47-,48-,51-,52-/m0/s1. The summed E-state index contributed by atoms with van der Waals surface area (Å²) in [5, 5.41) is 19.6. The van der Waals surface area contributed by atoms with Crippen molar-refractivity contribution in [3.05, 3.63) is 120 Å². The number of benzene rings is 2. The minimum Gasteiger partial charge on any atom is -0.352 e. The molecule has 2 aromatic carbocycles. The third kappa shape index (κ3) is 11.8. The van der Waals surface area contributed by atoms with Crippen molar-refractivity contribution in [2.75, 3.05) is 40.3 Å². The van der Waals surface area contributed by atoms with Crippen LogP contribution in [0.15, 0.2) is 97.8 Å². The topological polar surface area (TPSA) is 217 Å². The van der Waals surface area contributed by atoms with Crippen molar-refractivity contribution in [3.8, 4) is 11.4 Å². The van der Waals surface area contributed by atoms with Crippen LogP contribution in [0.1, 0.15) is 124 Å². The summed E-state index contributed by atoms with van der Waals surface area (Å²) < 4.78 is 3.92. The van der Waals surface area contributed by atoms with Gasteiger partial charge in [-0.2, -0.15) is 0 Å². The number of fused-ring (bicyclic) bond motifs is 2. The van der Waals surface area contributed by atoms with Crippen LogP contribution >= 0.6 is 0 Å². The monoisotopic (exact) mass is 1030 g/mol. The summed E-state index contributed by atoms with van der Waals surface area (Å²) in [6.45, 7) is 13.2. The van der Waals surface area contributed by atoms with E-state index < -0.39 is 24.2 Å². The molecule has 18 nitrogen and oxygen atoms in total. The van der Waals surface area contributed by atoms with Crippen LogP contribution in [-0.2, 0) is 19.2 Å². The van der Waals surface area contributed by atoms with Gasteiger partial charge in [0.1, 0.15) is 12.1 Å². The van der Waals surface area contributed by atoms with Crippen LogP contribution in [0.4, 0.5) is 0 Å². The number of hydrogen-bond acceptors (Lipinski definition) is 10. The van der Waals surface area contributed by atoms with Crippen molar-refractivity contribution < 1.29 is 28.8 Å². The number of carbonyl (C=O) groups is 6. The van der Waals surface area contributed by atoms with Gasteiger partial charge in [0, 0.05) is 61.7 Å². The number of amides is 6. The van der Waals surface area contributed by atoms with E-state index in [-0.39, 0.29) is 59.4 Å². The van der Waals surface area contributed by atoms with E-state index in [4.69, 9.17) is 0 Å². The first-order valence-electron chi connectivity index (χ1n) is 26.8. The number of para-hydroxylation sites is 2. The zero-order chi connectivity index (χ0) is 54.2. The highest BCUT2D eigenvalue weighted by Gasteiger charge is 2.38. The van der Waals surface area contributed by atoms with Crippen LogP contribution in [0.3, 0.4) is 0 Å². The van der Waals surface area contributed by atoms with Crippen LogP contribution < -0.4 is 31.9 Å². The Morgan fingerprint density at radius 3 is 1.34 bits per heavy atom. The predicted molar refractivity (Wildman–Crippen MR) is 294 cm³/mol. The number of nitrogens with zero attached hydrogens (tertiary/aromatic N) is 6. The largest absolute Gasteiger partial charge is 0.352 e. The van der Waals surface area contributed by atoms with Crippen molar-refractivity contribution in [1.29, 1.82) is 0 Å². The fraction of sp³-hybridized carbons (Fsp3) is 0.448. The number of unbranched alkanes of at least 4 members (excludes halogenated alkanes) is 1. The molecular formula is C58H74N12O6. The average Bonchev–Trinajstić information content (AvgIpc) is 4.27. The zero-order valence-electron chi connectivity index (χ0n) is 45.1. The Bertz CT molecular complexity index is 2870. The number of likely N-dealkylation sites (tertiary alicyclic amines) is 2. The molecular weight excluding hydrogens is 961 g/mol. The number of hydrogen-bond donors (Lipinski definition) is 6. The van der Waals surface area contributed by atoms with Crippen LogP contribution in [0.2, 0.25) is 0 Å². The lowest BCUT2D eigenvalue weighted by molar-refractivity contribution is -0.139. The van der Waals surface area contributed by atoms with Gasteiger partial charge in [0.2, 0.25) is 23.6 Å². The Labute approximate surface area is 445 Å². The quantitative estimate of drug-likeness (QED) is 0.0454. The Kier molecular flexibility index (Phi) is 17.7. The molecule has 2 fully saturated rings. The summed E-state index contributed by atoms with van der Waals surface area (Å²) in [7, 11) is 3.43. The highest BCUT2D eigenvalue weighted by Crippen LogP contribution is 2.36. The highest BCUT2D eigenvalue weighted by atomic mass is 16.2. The van der Waals surface area contributed by atoms with Crippen LogP contribution in [0.5, 0.6) is 0 Å². The van der Waals surface area contributed by atoms with Gasteiger partial charge in [-0.15, -0.1) is 0 Å². The van der Waals surface area contributed by atoms with Gasteiger partial charge in [-0.05, 0) is 114 Å². The molecule has 4 aromatic heterocycles. The molecule has 2 aliphatic heterocycles. The zero-order valence-corrected chi connectivity index (χ0v) is 45.1. The Morgan fingerprint density at radius 2 is 0.961 bits per heavy atom. The summed E-state index contributed by atoms with van der Waals surface area (Å²) in [6.07, 6.45) is 15.2. The predicted octanol–water partition coefficient (Wildman–Crippen LogP) is 6.13. The first-order valence-corrected chi connectivity index (χ1v) is 26.8.